The first-order valence-corrected chi connectivity index (χ1v) is 9.45. The van der Waals surface area contributed by atoms with Gasteiger partial charge in [0.2, 0.25) is 0 Å². The van der Waals surface area contributed by atoms with E-state index in [1.165, 1.54) is 23.1 Å². The molecule has 0 bridgehead atoms. The van der Waals surface area contributed by atoms with Crippen molar-refractivity contribution in [2.24, 2.45) is 0 Å². The van der Waals surface area contributed by atoms with E-state index in [1.807, 2.05) is 12.1 Å². The fraction of sp³-hybridized carbons (Fsp3) is 0.273. The van der Waals surface area contributed by atoms with Crippen LogP contribution in [0.25, 0.3) is 5.57 Å². The van der Waals surface area contributed by atoms with Gasteiger partial charge >= 0.3 is 5.97 Å². The van der Waals surface area contributed by atoms with E-state index < -0.39 is 5.97 Å². The van der Waals surface area contributed by atoms with E-state index in [9.17, 15) is 4.79 Å². The monoisotopic (exact) mass is 365 g/mol. The quantitative estimate of drug-likeness (QED) is 0.690. The molecule has 1 unspecified atom stereocenters. The van der Waals surface area contributed by atoms with Crippen LogP contribution in [0, 0.1) is 0 Å². The second-order valence-electron chi connectivity index (χ2n) is 6.52. The van der Waals surface area contributed by atoms with E-state index in [4.69, 9.17) is 17.3 Å². The van der Waals surface area contributed by atoms with Crippen LogP contribution in [-0.2, 0) is 6.42 Å². The maximum atomic E-state index is 11.0. The number of carboxylic acid groups (broad SMARTS) is 1. The largest absolute Gasteiger partial charge is 0.478 e. The Morgan fingerprint density at radius 2 is 1.96 bits per heavy atom. The van der Waals surface area contributed by atoms with Crippen LogP contribution >= 0.6 is 12.2 Å². The molecule has 0 heterocycles. The Hall–Kier alpha value is -2.30. The van der Waals surface area contributed by atoms with Gasteiger partial charge in [-0.25, -0.2) is 4.79 Å². The van der Waals surface area contributed by atoms with Crippen LogP contribution in [0.1, 0.15) is 52.4 Å². The lowest BCUT2D eigenvalue weighted by Crippen LogP contribution is -2.23. The normalized spacial score (nSPS) is 14.7. The van der Waals surface area contributed by atoms with Crippen LogP contribution in [0.2, 0.25) is 0 Å². The molecule has 0 aromatic heterocycles. The Kier molecular flexibility index (Phi) is 6.31. The van der Waals surface area contributed by atoms with Crippen LogP contribution in [0.5, 0.6) is 0 Å². The van der Waals surface area contributed by atoms with Gasteiger partial charge in [-0.3, -0.25) is 0 Å². The lowest BCUT2D eigenvalue weighted by molar-refractivity contribution is 0.0697. The Labute approximate surface area is 159 Å². The van der Waals surface area contributed by atoms with Crippen molar-refractivity contribution in [2.75, 3.05) is 6.54 Å². The number of nitrogens with one attached hydrogen (secondary N) is 1. The first-order valence-electron chi connectivity index (χ1n) is 8.98. The SMILES string of the molecule is O=C(O)c1ccc(C(C=S)NCCC2=CCCCc3ccccc32)cc1. The van der Waals surface area contributed by atoms with Gasteiger partial charge in [0.25, 0.3) is 0 Å². The topological polar surface area (TPSA) is 49.3 Å². The summed E-state index contributed by atoms with van der Waals surface area (Å²) in [6, 6.07) is 15.5. The number of carbonyl (C=O) groups is 1. The van der Waals surface area contributed by atoms with Crippen LogP contribution in [0.4, 0.5) is 0 Å². The number of hydrogen-bond donors (Lipinski definition) is 2. The van der Waals surface area contributed by atoms with E-state index in [-0.39, 0.29) is 11.6 Å². The number of thiocarbonyl (C=S) groups is 1. The first-order chi connectivity index (χ1) is 12.7. The molecule has 1 atom stereocenters. The van der Waals surface area contributed by atoms with Gasteiger partial charge in [0.15, 0.2) is 0 Å². The number of aromatic carboxylic acids is 1. The Morgan fingerprint density at radius 1 is 1.19 bits per heavy atom. The predicted octanol–water partition coefficient (Wildman–Crippen LogP) is 4.83. The maximum absolute atomic E-state index is 11.0. The highest BCUT2D eigenvalue weighted by atomic mass is 32.1. The molecule has 0 saturated carbocycles. The maximum Gasteiger partial charge on any atom is 0.335 e. The average Bonchev–Trinajstić information content (AvgIpc) is 2.88. The highest BCUT2D eigenvalue weighted by molar-refractivity contribution is 7.79. The van der Waals surface area contributed by atoms with Crippen LogP contribution in [-0.4, -0.2) is 23.0 Å². The summed E-state index contributed by atoms with van der Waals surface area (Å²) in [5.74, 6) is -0.914. The zero-order valence-corrected chi connectivity index (χ0v) is 15.5. The zero-order valence-electron chi connectivity index (χ0n) is 14.7. The van der Waals surface area contributed by atoms with Crippen molar-refractivity contribution in [3.05, 3.63) is 76.9 Å². The molecule has 3 rings (SSSR count). The lowest BCUT2D eigenvalue weighted by atomic mass is 9.97. The Morgan fingerprint density at radius 3 is 2.69 bits per heavy atom. The summed E-state index contributed by atoms with van der Waals surface area (Å²) in [6.07, 6.45) is 6.78. The molecule has 2 aromatic carbocycles. The highest BCUT2D eigenvalue weighted by Crippen LogP contribution is 2.27. The lowest BCUT2D eigenvalue weighted by Gasteiger charge is -2.16. The third kappa shape index (κ3) is 4.45. The van der Waals surface area contributed by atoms with Crippen LogP contribution < -0.4 is 5.32 Å². The first kappa shape index (κ1) is 18.5. The van der Waals surface area contributed by atoms with Gasteiger partial charge < -0.3 is 10.4 Å². The standard InChI is InChI=1S/C22H23NO2S/c24-22(25)19-11-9-18(10-12-19)21(15-26)23-14-13-17-7-2-1-5-16-6-3-4-8-20(16)17/h3-4,6-12,15,21,23H,1-2,5,13-14H2,(H,24,25). The van der Waals surface area contributed by atoms with E-state index >= 15 is 0 Å². The molecule has 1 aliphatic rings. The van der Waals surface area contributed by atoms with E-state index in [0.717, 1.165) is 31.4 Å². The number of aryl methyl sites for hydroxylation is 1. The number of benzene rings is 2. The predicted molar refractivity (Wildman–Crippen MR) is 110 cm³/mol. The van der Waals surface area contributed by atoms with Crippen LogP contribution in [0.15, 0.2) is 54.6 Å². The summed E-state index contributed by atoms with van der Waals surface area (Å²) in [4.78, 5) is 11.0. The average molecular weight is 365 g/mol. The molecule has 0 amide bonds. The van der Waals surface area contributed by atoms with Crippen molar-refractivity contribution in [2.45, 2.75) is 31.7 Å². The highest BCUT2D eigenvalue weighted by Gasteiger charge is 2.13. The molecule has 0 spiro atoms. The molecule has 26 heavy (non-hydrogen) atoms. The van der Waals surface area contributed by atoms with Crippen molar-refractivity contribution in [1.82, 2.24) is 5.32 Å². The molecule has 4 heteroatoms. The molecular formula is C22H23NO2S. The summed E-state index contributed by atoms with van der Waals surface area (Å²) in [5, 5.41) is 14.2. The summed E-state index contributed by atoms with van der Waals surface area (Å²) in [6.45, 7) is 0.818. The summed E-state index contributed by atoms with van der Waals surface area (Å²) < 4.78 is 0. The van der Waals surface area contributed by atoms with Gasteiger partial charge in [-0.1, -0.05) is 54.7 Å². The number of rotatable bonds is 7. The van der Waals surface area contributed by atoms with E-state index in [1.54, 1.807) is 17.5 Å². The number of fused-ring (bicyclic) bond motifs is 1. The van der Waals surface area contributed by atoms with Gasteiger partial charge in [0.05, 0.1) is 11.6 Å². The Balaban J connectivity index is 1.64. The zero-order chi connectivity index (χ0) is 18.4. The number of allylic oxidation sites excluding steroid dienone is 1. The van der Waals surface area contributed by atoms with Gasteiger partial charge in [-0.05, 0) is 60.1 Å². The third-order valence-electron chi connectivity index (χ3n) is 4.82. The van der Waals surface area contributed by atoms with Crippen molar-refractivity contribution in [3.63, 3.8) is 0 Å². The van der Waals surface area contributed by atoms with Crippen LogP contribution in [0.3, 0.4) is 0 Å². The minimum atomic E-state index is -0.914. The molecule has 0 saturated heterocycles. The molecule has 0 aliphatic heterocycles. The van der Waals surface area contributed by atoms with Crippen molar-refractivity contribution < 1.29 is 9.90 Å². The second kappa shape index (κ2) is 8.88. The molecule has 2 N–H and O–H groups in total. The van der Waals surface area contributed by atoms with Gasteiger partial charge in [-0.15, -0.1) is 0 Å². The fourth-order valence-electron chi connectivity index (χ4n) is 3.41. The van der Waals surface area contributed by atoms with Gasteiger partial charge in [-0.2, -0.15) is 0 Å². The molecule has 0 fully saturated rings. The van der Waals surface area contributed by atoms with E-state index in [0.29, 0.717) is 0 Å². The number of hydrogen-bond acceptors (Lipinski definition) is 3. The molecule has 1 aliphatic carbocycles. The molecule has 0 radical (unpaired) electrons. The summed E-state index contributed by atoms with van der Waals surface area (Å²) in [5.41, 5.74) is 5.48. The third-order valence-corrected chi connectivity index (χ3v) is 5.09. The van der Waals surface area contributed by atoms with Crippen molar-refractivity contribution >= 4 is 29.1 Å². The van der Waals surface area contributed by atoms with E-state index in [2.05, 4.69) is 35.7 Å². The summed E-state index contributed by atoms with van der Waals surface area (Å²) >= 11 is 5.18. The second-order valence-corrected chi connectivity index (χ2v) is 6.80. The minimum absolute atomic E-state index is 0.0607. The Bertz CT molecular complexity index is 811. The fourth-order valence-corrected chi connectivity index (χ4v) is 3.66. The minimum Gasteiger partial charge on any atom is -0.478 e. The van der Waals surface area contributed by atoms with Gasteiger partial charge in [0, 0.05) is 11.9 Å². The van der Waals surface area contributed by atoms with Crippen molar-refractivity contribution in [3.8, 4) is 0 Å². The van der Waals surface area contributed by atoms with Gasteiger partial charge in [0.1, 0.15) is 0 Å². The summed E-state index contributed by atoms with van der Waals surface area (Å²) in [7, 11) is 0. The molecule has 3 nitrogen and oxygen atoms in total. The number of carboxylic acids is 1. The smallest absolute Gasteiger partial charge is 0.335 e. The molecule has 134 valence electrons. The molecular weight excluding hydrogens is 342 g/mol. The van der Waals surface area contributed by atoms with Crippen molar-refractivity contribution in [1.29, 1.82) is 0 Å². The molecule has 2 aromatic rings.